The summed E-state index contributed by atoms with van der Waals surface area (Å²) in [5, 5.41) is 0.340. The van der Waals surface area contributed by atoms with E-state index in [1.807, 2.05) is 6.07 Å². The van der Waals surface area contributed by atoms with Gasteiger partial charge in [0, 0.05) is 16.2 Å². The average Bonchev–Trinajstić information content (AvgIpc) is 2.45. The van der Waals surface area contributed by atoms with Gasteiger partial charge in [-0.2, -0.15) is 0 Å². The van der Waals surface area contributed by atoms with Gasteiger partial charge in [0.2, 0.25) is 0 Å². The molecule has 3 heteroatoms. The van der Waals surface area contributed by atoms with E-state index in [0.29, 0.717) is 5.25 Å². The Kier molecular flexibility index (Phi) is 2.30. The maximum Gasteiger partial charge on any atom is 0.137 e. The van der Waals surface area contributed by atoms with Crippen molar-refractivity contribution in [1.29, 1.82) is 0 Å². The molecule has 1 aliphatic heterocycles. The molecule has 1 aromatic carbocycles. The standard InChI is InChI=1S/C10H12FNS/c1-2-8-9(12)6-4-3-5-7(11)10(6)13-8/h3-5,8-9H,2,12H2,1H3. The molecule has 1 nitrogen and oxygen atoms in total. The molecule has 0 saturated heterocycles. The Labute approximate surface area is 81.5 Å². The zero-order valence-corrected chi connectivity index (χ0v) is 8.27. The summed E-state index contributed by atoms with van der Waals surface area (Å²) in [6, 6.07) is 5.15. The van der Waals surface area contributed by atoms with Gasteiger partial charge in [-0.15, -0.1) is 11.8 Å². The van der Waals surface area contributed by atoms with Gasteiger partial charge in [-0.3, -0.25) is 0 Å². The van der Waals surface area contributed by atoms with Crippen LogP contribution >= 0.6 is 11.8 Å². The SMILES string of the molecule is CCC1Sc2c(F)cccc2C1N. The second-order valence-electron chi connectivity index (χ2n) is 3.25. The second-order valence-corrected chi connectivity index (χ2v) is 4.50. The van der Waals surface area contributed by atoms with Crippen molar-refractivity contribution in [3.63, 3.8) is 0 Å². The molecule has 2 unspecified atom stereocenters. The minimum Gasteiger partial charge on any atom is -0.323 e. The van der Waals surface area contributed by atoms with E-state index in [-0.39, 0.29) is 11.9 Å². The van der Waals surface area contributed by atoms with E-state index in [1.165, 1.54) is 6.07 Å². The van der Waals surface area contributed by atoms with Gasteiger partial charge in [-0.05, 0) is 18.1 Å². The van der Waals surface area contributed by atoms with Gasteiger partial charge in [-0.1, -0.05) is 19.1 Å². The highest BCUT2D eigenvalue weighted by molar-refractivity contribution is 8.00. The Morgan fingerprint density at radius 3 is 2.92 bits per heavy atom. The predicted octanol–water partition coefficient (Wildman–Crippen LogP) is 2.71. The molecule has 1 aliphatic rings. The molecule has 0 radical (unpaired) electrons. The van der Waals surface area contributed by atoms with Crippen LogP contribution in [-0.2, 0) is 0 Å². The summed E-state index contributed by atoms with van der Waals surface area (Å²) in [4.78, 5) is 0.752. The van der Waals surface area contributed by atoms with Gasteiger partial charge in [0.1, 0.15) is 5.82 Å². The summed E-state index contributed by atoms with van der Waals surface area (Å²) >= 11 is 1.57. The molecule has 13 heavy (non-hydrogen) atoms. The van der Waals surface area contributed by atoms with Crippen LogP contribution in [0.5, 0.6) is 0 Å². The Morgan fingerprint density at radius 1 is 1.54 bits per heavy atom. The highest BCUT2D eigenvalue weighted by atomic mass is 32.2. The van der Waals surface area contributed by atoms with Crippen LogP contribution in [-0.4, -0.2) is 5.25 Å². The van der Waals surface area contributed by atoms with E-state index in [1.54, 1.807) is 17.8 Å². The normalized spacial score (nSPS) is 26.1. The molecular formula is C10H12FNS. The van der Waals surface area contributed by atoms with E-state index in [2.05, 4.69) is 6.92 Å². The van der Waals surface area contributed by atoms with Gasteiger partial charge in [0.15, 0.2) is 0 Å². The first-order valence-electron chi connectivity index (χ1n) is 4.44. The van der Waals surface area contributed by atoms with Crippen LogP contribution in [0.25, 0.3) is 0 Å². The third-order valence-corrected chi connectivity index (χ3v) is 4.02. The topological polar surface area (TPSA) is 26.0 Å². The number of hydrogen-bond donors (Lipinski definition) is 1. The van der Waals surface area contributed by atoms with Crippen molar-refractivity contribution >= 4 is 11.8 Å². The van der Waals surface area contributed by atoms with E-state index in [0.717, 1.165) is 16.9 Å². The summed E-state index contributed by atoms with van der Waals surface area (Å²) in [6.45, 7) is 2.08. The molecule has 0 bridgehead atoms. The lowest BCUT2D eigenvalue weighted by Crippen LogP contribution is -2.18. The molecular weight excluding hydrogens is 185 g/mol. The van der Waals surface area contributed by atoms with Crippen LogP contribution in [0.15, 0.2) is 23.1 Å². The summed E-state index contributed by atoms with van der Waals surface area (Å²) < 4.78 is 13.3. The number of benzene rings is 1. The first kappa shape index (κ1) is 9.03. The van der Waals surface area contributed by atoms with Crippen LogP contribution in [0.4, 0.5) is 4.39 Å². The molecule has 70 valence electrons. The lowest BCUT2D eigenvalue weighted by atomic mass is 10.0. The fraction of sp³-hybridized carbons (Fsp3) is 0.400. The van der Waals surface area contributed by atoms with Gasteiger partial charge in [-0.25, -0.2) is 4.39 Å². The van der Waals surface area contributed by atoms with Crippen molar-refractivity contribution in [3.05, 3.63) is 29.6 Å². The van der Waals surface area contributed by atoms with Crippen LogP contribution in [0, 0.1) is 5.82 Å². The van der Waals surface area contributed by atoms with Gasteiger partial charge >= 0.3 is 0 Å². The molecule has 0 spiro atoms. The summed E-state index contributed by atoms with van der Waals surface area (Å²) in [5.41, 5.74) is 6.95. The minimum atomic E-state index is -0.131. The van der Waals surface area contributed by atoms with Crippen molar-refractivity contribution < 1.29 is 4.39 Å². The first-order chi connectivity index (χ1) is 6.24. The van der Waals surface area contributed by atoms with Crippen molar-refractivity contribution in [2.45, 2.75) is 29.5 Å². The maximum absolute atomic E-state index is 13.3. The minimum absolute atomic E-state index is 0.000648. The largest absolute Gasteiger partial charge is 0.323 e. The fourth-order valence-electron chi connectivity index (χ4n) is 1.67. The second kappa shape index (κ2) is 3.31. The molecule has 1 aromatic rings. The smallest absolute Gasteiger partial charge is 0.137 e. The Hall–Kier alpha value is -0.540. The predicted molar refractivity (Wildman–Crippen MR) is 53.3 cm³/mol. The molecule has 2 atom stereocenters. The van der Waals surface area contributed by atoms with Gasteiger partial charge in [0.25, 0.3) is 0 Å². The molecule has 0 saturated carbocycles. The molecule has 1 heterocycles. The van der Waals surface area contributed by atoms with E-state index in [9.17, 15) is 4.39 Å². The van der Waals surface area contributed by atoms with E-state index < -0.39 is 0 Å². The van der Waals surface area contributed by atoms with Crippen LogP contribution < -0.4 is 5.73 Å². The molecule has 0 amide bonds. The molecule has 0 fully saturated rings. The summed E-state index contributed by atoms with van der Waals surface area (Å²) in [6.07, 6.45) is 0.986. The van der Waals surface area contributed by atoms with Gasteiger partial charge < -0.3 is 5.73 Å². The van der Waals surface area contributed by atoms with Crippen molar-refractivity contribution in [3.8, 4) is 0 Å². The lowest BCUT2D eigenvalue weighted by Gasteiger charge is -2.11. The molecule has 0 aliphatic carbocycles. The quantitative estimate of drug-likeness (QED) is 0.749. The van der Waals surface area contributed by atoms with Crippen LogP contribution in [0.2, 0.25) is 0 Å². The van der Waals surface area contributed by atoms with Crippen LogP contribution in [0.1, 0.15) is 24.9 Å². The number of halogens is 1. The third-order valence-electron chi connectivity index (χ3n) is 2.43. The van der Waals surface area contributed by atoms with Crippen LogP contribution in [0.3, 0.4) is 0 Å². The van der Waals surface area contributed by atoms with Crippen molar-refractivity contribution in [2.24, 2.45) is 5.73 Å². The number of rotatable bonds is 1. The fourth-order valence-corrected chi connectivity index (χ4v) is 2.96. The zero-order valence-electron chi connectivity index (χ0n) is 7.46. The van der Waals surface area contributed by atoms with Crippen molar-refractivity contribution in [2.75, 3.05) is 0 Å². The molecule has 2 rings (SSSR count). The molecule has 2 N–H and O–H groups in total. The first-order valence-corrected chi connectivity index (χ1v) is 5.32. The monoisotopic (exact) mass is 197 g/mol. The third kappa shape index (κ3) is 1.36. The Bertz CT molecular complexity index is 327. The highest BCUT2D eigenvalue weighted by Crippen LogP contribution is 2.45. The van der Waals surface area contributed by atoms with E-state index >= 15 is 0 Å². The Balaban J connectivity index is 2.43. The number of hydrogen-bond acceptors (Lipinski definition) is 2. The number of fused-ring (bicyclic) bond motifs is 1. The Morgan fingerprint density at radius 2 is 2.31 bits per heavy atom. The number of thioether (sulfide) groups is 1. The van der Waals surface area contributed by atoms with Gasteiger partial charge in [0.05, 0.1) is 0 Å². The number of nitrogens with two attached hydrogens (primary N) is 1. The lowest BCUT2D eigenvalue weighted by molar-refractivity contribution is 0.592. The summed E-state index contributed by atoms with van der Waals surface area (Å²) in [5.74, 6) is -0.131. The molecule has 0 aromatic heterocycles. The maximum atomic E-state index is 13.3. The highest BCUT2D eigenvalue weighted by Gasteiger charge is 2.30. The summed E-state index contributed by atoms with van der Waals surface area (Å²) in [7, 11) is 0. The van der Waals surface area contributed by atoms with Crippen molar-refractivity contribution in [1.82, 2.24) is 0 Å². The zero-order chi connectivity index (χ0) is 9.42. The van der Waals surface area contributed by atoms with E-state index in [4.69, 9.17) is 5.73 Å². The average molecular weight is 197 g/mol.